The maximum atomic E-state index is 13.2. The van der Waals surface area contributed by atoms with Crippen LogP contribution in [0.2, 0.25) is 5.02 Å². The number of hydrogen-bond acceptors (Lipinski definition) is 5. The number of amides is 2. The Balaban J connectivity index is 1.47. The molecule has 1 saturated heterocycles. The molecule has 0 aromatic heterocycles. The summed E-state index contributed by atoms with van der Waals surface area (Å²) in [4.78, 5) is 29.1. The van der Waals surface area contributed by atoms with Gasteiger partial charge in [0.1, 0.15) is 0 Å². The van der Waals surface area contributed by atoms with Gasteiger partial charge in [0.15, 0.2) is 11.9 Å². The molecule has 2 aliphatic heterocycles. The number of hydrogen-bond donors (Lipinski definition) is 1. The quantitative estimate of drug-likeness (QED) is 0.577. The third-order valence-electron chi connectivity index (χ3n) is 5.96. The Hall–Kier alpha value is -2.61. The smallest absolute Gasteiger partial charge is 0.281 e. The van der Waals surface area contributed by atoms with Gasteiger partial charge in [-0.15, -0.1) is 0 Å². The Morgan fingerprint density at radius 2 is 1.90 bits per heavy atom. The fourth-order valence-electron chi connectivity index (χ4n) is 4.18. The lowest BCUT2D eigenvalue weighted by atomic mass is 10.0. The van der Waals surface area contributed by atoms with Gasteiger partial charge in [0, 0.05) is 31.7 Å². The molecule has 2 aliphatic rings. The van der Waals surface area contributed by atoms with Crippen LogP contribution in [0.4, 0.5) is 5.69 Å². The topological polar surface area (TPSA) is 73.3 Å². The first-order valence-corrected chi connectivity index (χ1v) is 10.8. The average molecular weight is 444 g/mol. The summed E-state index contributed by atoms with van der Waals surface area (Å²) in [7, 11) is 1.62. The molecule has 31 heavy (non-hydrogen) atoms. The summed E-state index contributed by atoms with van der Waals surface area (Å²) in [6.45, 7) is 4.04. The van der Waals surface area contributed by atoms with Crippen molar-refractivity contribution in [2.75, 3.05) is 25.0 Å². The van der Waals surface area contributed by atoms with Crippen molar-refractivity contribution >= 4 is 29.1 Å². The maximum Gasteiger partial charge on any atom is 0.281 e. The summed E-state index contributed by atoms with van der Waals surface area (Å²) in [5.74, 6) is -0.528. The zero-order chi connectivity index (χ0) is 22.1. The number of piperidine rings is 1. The molecular weight excluding hydrogens is 418 g/mol. The predicted octanol–water partition coefficient (Wildman–Crippen LogP) is 3.58. The zero-order valence-electron chi connectivity index (χ0n) is 17.6. The number of carbonyl (C=O) groups is 2. The summed E-state index contributed by atoms with van der Waals surface area (Å²) in [6, 6.07) is 13.0. The Labute approximate surface area is 186 Å². The van der Waals surface area contributed by atoms with E-state index < -0.39 is 12.0 Å². The van der Waals surface area contributed by atoms with Crippen LogP contribution in [0, 0.1) is 0 Å². The number of likely N-dealkylation sites (N-methyl/N-ethyl adjacent to an activating group) is 1. The standard InChI is InChI=1S/C23H26ClN3O4/c1-15-22(28)25(2)20-13-17(24)12-19(21(20)31-15)23(29)27(30)18-8-10-26(11-9-18)14-16-6-4-3-5-7-16/h3-7,12-13,15,18,30H,8-11,14H2,1-2H3. The van der Waals surface area contributed by atoms with E-state index in [0.717, 1.165) is 24.7 Å². The van der Waals surface area contributed by atoms with E-state index in [1.54, 1.807) is 20.0 Å². The van der Waals surface area contributed by atoms with Crippen molar-refractivity contribution in [3.8, 4) is 5.75 Å². The molecule has 2 heterocycles. The van der Waals surface area contributed by atoms with Gasteiger partial charge in [-0.1, -0.05) is 41.9 Å². The third-order valence-corrected chi connectivity index (χ3v) is 6.18. The highest BCUT2D eigenvalue weighted by molar-refractivity contribution is 6.31. The highest BCUT2D eigenvalue weighted by Gasteiger charge is 2.35. The summed E-state index contributed by atoms with van der Waals surface area (Å²) in [6.07, 6.45) is 0.597. The molecule has 2 aromatic carbocycles. The third kappa shape index (κ3) is 4.39. The molecule has 1 atom stereocenters. The van der Waals surface area contributed by atoms with E-state index in [4.69, 9.17) is 16.3 Å². The molecule has 1 N–H and O–H groups in total. The average Bonchev–Trinajstić information content (AvgIpc) is 2.78. The second-order valence-corrected chi connectivity index (χ2v) is 8.54. The Bertz CT molecular complexity index is 976. The first kappa shape index (κ1) is 21.6. The second kappa shape index (κ2) is 8.86. The van der Waals surface area contributed by atoms with Crippen LogP contribution in [-0.4, -0.2) is 59.3 Å². The summed E-state index contributed by atoms with van der Waals surface area (Å²) in [5, 5.41) is 11.8. The van der Waals surface area contributed by atoms with Crippen LogP contribution < -0.4 is 9.64 Å². The molecule has 0 saturated carbocycles. The molecule has 2 aromatic rings. The minimum Gasteiger partial charge on any atom is -0.478 e. The number of likely N-dealkylation sites (tertiary alicyclic amines) is 1. The lowest BCUT2D eigenvalue weighted by Crippen LogP contribution is -2.46. The minimum absolute atomic E-state index is 0.155. The van der Waals surface area contributed by atoms with Gasteiger partial charge in [0.25, 0.3) is 11.8 Å². The van der Waals surface area contributed by atoms with E-state index in [0.29, 0.717) is 23.6 Å². The van der Waals surface area contributed by atoms with Crippen molar-refractivity contribution in [1.82, 2.24) is 9.96 Å². The van der Waals surface area contributed by atoms with E-state index in [9.17, 15) is 14.8 Å². The molecule has 0 aliphatic carbocycles. The van der Waals surface area contributed by atoms with Crippen molar-refractivity contribution in [2.24, 2.45) is 0 Å². The number of anilines is 1. The van der Waals surface area contributed by atoms with E-state index in [2.05, 4.69) is 17.0 Å². The van der Waals surface area contributed by atoms with Crippen LogP contribution in [0.15, 0.2) is 42.5 Å². The van der Waals surface area contributed by atoms with Crippen molar-refractivity contribution < 1.29 is 19.5 Å². The van der Waals surface area contributed by atoms with Crippen molar-refractivity contribution in [3.63, 3.8) is 0 Å². The van der Waals surface area contributed by atoms with Crippen molar-refractivity contribution in [2.45, 2.75) is 38.5 Å². The van der Waals surface area contributed by atoms with Gasteiger partial charge in [-0.3, -0.25) is 19.7 Å². The molecule has 0 spiro atoms. The first-order valence-electron chi connectivity index (χ1n) is 10.4. The van der Waals surface area contributed by atoms with Crippen LogP contribution >= 0.6 is 11.6 Å². The first-order chi connectivity index (χ1) is 14.8. The van der Waals surface area contributed by atoms with Gasteiger partial charge in [-0.2, -0.15) is 0 Å². The Morgan fingerprint density at radius 3 is 2.58 bits per heavy atom. The molecule has 7 nitrogen and oxygen atoms in total. The number of ether oxygens (including phenoxy) is 1. The van der Waals surface area contributed by atoms with E-state index in [-0.39, 0.29) is 23.3 Å². The van der Waals surface area contributed by atoms with E-state index in [1.165, 1.54) is 16.5 Å². The molecule has 0 bridgehead atoms. The lowest BCUT2D eigenvalue weighted by molar-refractivity contribution is -0.125. The normalized spacial score (nSPS) is 19.7. The number of hydroxylamine groups is 2. The SMILES string of the molecule is CC1Oc2c(C(=O)N(O)C3CCN(Cc4ccccc4)CC3)cc(Cl)cc2N(C)C1=O. The fraction of sp³-hybridized carbons (Fsp3) is 0.391. The van der Waals surface area contributed by atoms with E-state index in [1.807, 2.05) is 18.2 Å². The molecule has 2 amide bonds. The van der Waals surface area contributed by atoms with Gasteiger partial charge in [-0.25, -0.2) is 5.06 Å². The Morgan fingerprint density at radius 1 is 1.23 bits per heavy atom. The van der Waals surface area contributed by atoms with E-state index >= 15 is 0 Å². The largest absolute Gasteiger partial charge is 0.478 e. The molecule has 164 valence electrons. The summed E-state index contributed by atoms with van der Waals surface area (Å²) >= 11 is 6.21. The minimum atomic E-state index is -0.724. The summed E-state index contributed by atoms with van der Waals surface area (Å²) in [5.41, 5.74) is 1.82. The second-order valence-electron chi connectivity index (χ2n) is 8.10. The van der Waals surface area contributed by atoms with Crippen LogP contribution in [0.25, 0.3) is 0 Å². The highest BCUT2D eigenvalue weighted by atomic mass is 35.5. The summed E-state index contributed by atoms with van der Waals surface area (Å²) < 4.78 is 5.73. The highest BCUT2D eigenvalue weighted by Crippen LogP contribution is 2.39. The number of rotatable bonds is 4. The van der Waals surface area contributed by atoms with Crippen LogP contribution in [0.1, 0.15) is 35.7 Å². The molecule has 8 heteroatoms. The zero-order valence-corrected chi connectivity index (χ0v) is 18.4. The fourth-order valence-corrected chi connectivity index (χ4v) is 4.40. The van der Waals surface area contributed by atoms with Gasteiger partial charge in [0.2, 0.25) is 0 Å². The van der Waals surface area contributed by atoms with Crippen molar-refractivity contribution in [1.29, 1.82) is 0 Å². The van der Waals surface area contributed by atoms with Gasteiger partial charge in [-0.05, 0) is 37.5 Å². The number of fused-ring (bicyclic) bond motifs is 1. The number of halogens is 1. The number of benzene rings is 2. The predicted molar refractivity (Wildman–Crippen MR) is 118 cm³/mol. The number of carbonyl (C=O) groups excluding carboxylic acids is 2. The van der Waals surface area contributed by atoms with Crippen LogP contribution in [0.5, 0.6) is 5.75 Å². The molecule has 1 unspecified atom stereocenters. The van der Waals surface area contributed by atoms with Crippen molar-refractivity contribution in [3.05, 3.63) is 58.6 Å². The van der Waals surface area contributed by atoms with Crippen LogP contribution in [0.3, 0.4) is 0 Å². The maximum absolute atomic E-state index is 13.2. The van der Waals surface area contributed by atoms with Gasteiger partial charge >= 0.3 is 0 Å². The lowest BCUT2D eigenvalue weighted by Gasteiger charge is -2.36. The molecule has 4 rings (SSSR count). The number of nitrogens with zero attached hydrogens (tertiary/aromatic N) is 3. The molecular formula is C23H26ClN3O4. The molecule has 0 radical (unpaired) electrons. The van der Waals surface area contributed by atoms with Gasteiger partial charge in [0.05, 0.1) is 17.3 Å². The monoisotopic (exact) mass is 443 g/mol. The Kier molecular flexibility index (Phi) is 6.18. The van der Waals surface area contributed by atoms with Gasteiger partial charge < -0.3 is 9.64 Å². The van der Waals surface area contributed by atoms with Crippen LogP contribution in [-0.2, 0) is 11.3 Å². The molecule has 1 fully saturated rings.